The Morgan fingerprint density at radius 3 is 2.41 bits per heavy atom. The number of carbonyl (C=O) groups excluding carboxylic acids is 2. The van der Waals surface area contributed by atoms with E-state index in [0.717, 1.165) is 11.1 Å². The highest BCUT2D eigenvalue weighted by Gasteiger charge is 2.37. The van der Waals surface area contributed by atoms with Crippen LogP contribution in [-0.4, -0.2) is 57.6 Å². The van der Waals surface area contributed by atoms with Crippen molar-refractivity contribution in [3.05, 3.63) is 52.5 Å². The molecule has 2 unspecified atom stereocenters. The molecule has 0 N–H and O–H groups in total. The standard InChI is InChI=1S/C25H31ClN2O6/c1-6-34-25(30)28-16(2)11-18(19-12-22(31-3)23(32-4)13-21(19)28)15-27(24(29)33-5)14-17-9-7-8-10-20(17)26/h7-10,12-13,16,18H,6,11,14-15H2,1-5H3. The molecule has 34 heavy (non-hydrogen) atoms. The van der Waals surface area contributed by atoms with E-state index in [1.54, 1.807) is 43.1 Å². The lowest BCUT2D eigenvalue weighted by Gasteiger charge is -2.40. The van der Waals surface area contributed by atoms with Gasteiger partial charge in [0.2, 0.25) is 0 Å². The Bertz CT molecular complexity index is 1030. The highest BCUT2D eigenvalue weighted by atomic mass is 35.5. The van der Waals surface area contributed by atoms with Gasteiger partial charge in [0, 0.05) is 29.6 Å². The van der Waals surface area contributed by atoms with E-state index in [-0.39, 0.29) is 18.6 Å². The number of hydrogen-bond donors (Lipinski definition) is 0. The largest absolute Gasteiger partial charge is 0.493 e. The average molecular weight is 491 g/mol. The van der Waals surface area contributed by atoms with Crippen molar-refractivity contribution >= 4 is 29.5 Å². The molecule has 2 aromatic rings. The first-order chi connectivity index (χ1) is 16.3. The molecule has 0 fully saturated rings. The van der Waals surface area contributed by atoms with Gasteiger partial charge in [0.15, 0.2) is 11.5 Å². The van der Waals surface area contributed by atoms with Crippen molar-refractivity contribution in [3.63, 3.8) is 0 Å². The molecule has 8 nitrogen and oxygen atoms in total. The number of carbonyl (C=O) groups is 2. The van der Waals surface area contributed by atoms with E-state index in [1.807, 2.05) is 31.2 Å². The minimum atomic E-state index is -0.456. The third-order valence-electron chi connectivity index (χ3n) is 5.96. The SMILES string of the molecule is CCOC(=O)N1c2cc(OC)c(OC)cc2C(CN(Cc2ccccc2Cl)C(=O)OC)CC1C. The van der Waals surface area contributed by atoms with Crippen LogP contribution in [0, 0.1) is 0 Å². The maximum Gasteiger partial charge on any atom is 0.414 e. The zero-order valence-electron chi connectivity index (χ0n) is 20.2. The summed E-state index contributed by atoms with van der Waals surface area (Å²) in [6.45, 7) is 4.65. The number of hydrogen-bond acceptors (Lipinski definition) is 6. The molecule has 0 bridgehead atoms. The third kappa shape index (κ3) is 5.33. The molecule has 0 saturated heterocycles. The smallest absolute Gasteiger partial charge is 0.414 e. The monoisotopic (exact) mass is 490 g/mol. The summed E-state index contributed by atoms with van der Waals surface area (Å²) >= 11 is 6.35. The highest BCUT2D eigenvalue weighted by molar-refractivity contribution is 6.31. The Labute approximate surface area is 205 Å². The number of ether oxygens (including phenoxy) is 4. The van der Waals surface area contributed by atoms with E-state index in [9.17, 15) is 9.59 Å². The molecule has 0 aliphatic carbocycles. The van der Waals surface area contributed by atoms with Crippen molar-refractivity contribution in [2.24, 2.45) is 0 Å². The van der Waals surface area contributed by atoms with Crippen LogP contribution in [0.1, 0.15) is 37.3 Å². The van der Waals surface area contributed by atoms with Crippen molar-refractivity contribution in [3.8, 4) is 11.5 Å². The van der Waals surface area contributed by atoms with Crippen LogP contribution in [0.5, 0.6) is 11.5 Å². The topological polar surface area (TPSA) is 77.5 Å². The molecule has 1 heterocycles. The summed E-state index contributed by atoms with van der Waals surface area (Å²) in [5.74, 6) is 0.946. The van der Waals surface area contributed by atoms with E-state index in [1.165, 1.54) is 7.11 Å². The number of fused-ring (bicyclic) bond motifs is 1. The maximum atomic E-state index is 12.8. The van der Waals surface area contributed by atoms with Gasteiger partial charge in [-0.1, -0.05) is 29.8 Å². The van der Waals surface area contributed by atoms with Crippen LogP contribution in [0.2, 0.25) is 5.02 Å². The quantitative estimate of drug-likeness (QED) is 0.512. The van der Waals surface area contributed by atoms with Crippen LogP contribution in [0.25, 0.3) is 0 Å². The van der Waals surface area contributed by atoms with E-state index in [4.69, 9.17) is 30.5 Å². The summed E-state index contributed by atoms with van der Waals surface area (Å²) in [6, 6.07) is 10.9. The second-order valence-electron chi connectivity index (χ2n) is 8.06. The molecule has 184 valence electrons. The molecule has 0 spiro atoms. The Morgan fingerprint density at radius 2 is 1.79 bits per heavy atom. The van der Waals surface area contributed by atoms with Crippen LogP contribution in [0.3, 0.4) is 0 Å². The van der Waals surface area contributed by atoms with Gasteiger partial charge in [-0.25, -0.2) is 9.59 Å². The molecular formula is C25H31ClN2O6. The van der Waals surface area contributed by atoms with Gasteiger partial charge in [-0.2, -0.15) is 0 Å². The fourth-order valence-electron chi connectivity index (χ4n) is 4.38. The molecule has 1 aliphatic heterocycles. The number of amides is 2. The van der Waals surface area contributed by atoms with Gasteiger partial charge in [-0.05, 0) is 43.5 Å². The van der Waals surface area contributed by atoms with Crippen molar-refractivity contribution in [2.45, 2.75) is 38.8 Å². The Balaban J connectivity index is 2.03. The molecule has 0 saturated carbocycles. The summed E-state index contributed by atoms with van der Waals surface area (Å²) in [5, 5.41) is 0.578. The normalized spacial score (nSPS) is 16.9. The van der Waals surface area contributed by atoms with E-state index in [0.29, 0.717) is 41.7 Å². The number of methoxy groups -OCH3 is 3. The van der Waals surface area contributed by atoms with Crippen LogP contribution < -0.4 is 14.4 Å². The van der Waals surface area contributed by atoms with Gasteiger partial charge in [0.1, 0.15) is 0 Å². The number of anilines is 1. The minimum Gasteiger partial charge on any atom is -0.493 e. The molecule has 2 amide bonds. The Kier molecular flexibility index (Phi) is 8.50. The van der Waals surface area contributed by atoms with E-state index >= 15 is 0 Å². The molecule has 3 rings (SSSR count). The second-order valence-corrected chi connectivity index (χ2v) is 8.47. The van der Waals surface area contributed by atoms with Crippen molar-refractivity contribution in [1.82, 2.24) is 4.90 Å². The molecule has 0 radical (unpaired) electrons. The summed E-state index contributed by atoms with van der Waals surface area (Å²) < 4.78 is 21.4. The predicted octanol–water partition coefficient (Wildman–Crippen LogP) is 5.46. The number of rotatable bonds is 7. The van der Waals surface area contributed by atoms with Gasteiger partial charge in [0.25, 0.3) is 0 Å². The first-order valence-electron chi connectivity index (χ1n) is 11.1. The van der Waals surface area contributed by atoms with Crippen molar-refractivity contribution in [1.29, 1.82) is 0 Å². The van der Waals surface area contributed by atoms with Crippen LogP contribution in [0.4, 0.5) is 15.3 Å². The molecular weight excluding hydrogens is 460 g/mol. The highest BCUT2D eigenvalue weighted by Crippen LogP contribution is 2.45. The summed E-state index contributed by atoms with van der Waals surface area (Å²) in [7, 11) is 4.47. The van der Waals surface area contributed by atoms with E-state index < -0.39 is 12.2 Å². The molecule has 0 aromatic heterocycles. The maximum absolute atomic E-state index is 12.8. The van der Waals surface area contributed by atoms with Crippen LogP contribution >= 0.6 is 11.6 Å². The lowest BCUT2D eigenvalue weighted by molar-refractivity contribution is 0.116. The van der Waals surface area contributed by atoms with Crippen LogP contribution in [0.15, 0.2) is 36.4 Å². The lowest BCUT2D eigenvalue weighted by Crippen LogP contribution is -2.46. The van der Waals surface area contributed by atoms with Gasteiger partial charge < -0.3 is 23.8 Å². The third-order valence-corrected chi connectivity index (χ3v) is 6.32. The summed E-state index contributed by atoms with van der Waals surface area (Å²) in [6.07, 6.45) is -0.276. The van der Waals surface area contributed by atoms with E-state index in [2.05, 4.69) is 0 Å². The summed E-state index contributed by atoms with van der Waals surface area (Å²) in [4.78, 5) is 28.8. The van der Waals surface area contributed by atoms with Crippen molar-refractivity contribution < 1.29 is 28.5 Å². The lowest BCUT2D eigenvalue weighted by atomic mass is 9.85. The molecule has 1 aliphatic rings. The van der Waals surface area contributed by atoms with Gasteiger partial charge >= 0.3 is 12.2 Å². The fraction of sp³-hybridized carbons (Fsp3) is 0.440. The second kappa shape index (κ2) is 11.3. The Morgan fingerprint density at radius 1 is 1.12 bits per heavy atom. The predicted molar refractivity (Wildman–Crippen MR) is 130 cm³/mol. The Hall–Kier alpha value is -3.13. The fourth-order valence-corrected chi connectivity index (χ4v) is 4.57. The molecule has 2 aromatic carbocycles. The average Bonchev–Trinajstić information content (AvgIpc) is 2.83. The first kappa shape index (κ1) is 25.5. The van der Waals surface area contributed by atoms with Gasteiger partial charge in [0.05, 0.1) is 40.2 Å². The number of nitrogens with zero attached hydrogens (tertiary/aromatic N) is 2. The van der Waals surface area contributed by atoms with Crippen molar-refractivity contribution in [2.75, 3.05) is 39.4 Å². The minimum absolute atomic E-state index is 0.0999. The van der Waals surface area contributed by atoms with Crippen LogP contribution in [-0.2, 0) is 16.0 Å². The first-order valence-corrected chi connectivity index (χ1v) is 11.5. The summed E-state index contributed by atoms with van der Waals surface area (Å²) in [5.41, 5.74) is 2.35. The zero-order chi connectivity index (χ0) is 24.8. The van der Waals surface area contributed by atoms with Gasteiger partial charge in [-0.3, -0.25) is 4.90 Å². The molecule has 9 heteroatoms. The number of halogens is 1. The number of benzene rings is 2. The molecule has 2 atom stereocenters. The van der Waals surface area contributed by atoms with Gasteiger partial charge in [-0.15, -0.1) is 0 Å². The zero-order valence-corrected chi connectivity index (χ0v) is 20.9.